The van der Waals surface area contributed by atoms with Crippen LogP contribution in [0.5, 0.6) is 5.75 Å². The largest absolute Gasteiger partial charge is 0.489 e. The van der Waals surface area contributed by atoms with Crippen molar-refractivity contribution in [2.24, 2.45) is 0 Å². The van der Waals surface area contributed by atoms with Crippen LogP contribution in [-0.4, -0.2) is 17.2 Å². The molecule has 1 N–H and O–H groups in total. The number of halogens is 1. The Morgan fingerprint density at radius 3 is 2.94 bits per heavy atom. The van der Waals surface area contributed by atoms with E-state index in [1.54, 1.807) is 13.0 Å². The van der Waals surface area contributed by atoms with E-state index in [-0.39, 0.29) is 6.42 Å². The van der Waals surface area contributed by atoms with E-state index in [2.05, 4.69) is 0 Å². The molecule has 84 valence electrons. The van der Waals surface area contributed by atoms with Crippen molar-refractivity contribution in [3.63, 3.8) is 0 Å². The highest BCUT2D eigenvalue weighted by Gasteiger charge is 2.12. The van der Waals surface area contributed by atoms with Crippen molar-refractivity contribution >= 4 is 17.6 Å². The number of rotatable bonds is 4. The normalized spacial score (nSPS) is 11.6. The summed E-state index contributed by atoms with van der Waals surface area (Å²) >= 11 is 5.76. The lowest BCUT2D eigenvalue weighted by atomic mass is 10.2. The molecule has 0 heterocycles. The second-order valence-corrected chi connectivity index (χ2v) is 3.72. The Balaban J connectivity index is 2.84. The summed E-state index contributed by atoms with van der Waals surface area (Å²) in [6.07, 6.45) is -0.639. The minimum atomic E-state index is -0.951. The predicted octanol–water partition coefficient (Wildman–Crippen LogP) is 2.45. The molecule has 0 saturated heterocycles. The summed E-state index contributed by atoms with van der Waals surface area (Å²) in [6.45, 7) is 1.62. The van der Waals surface area contributed by atoms with E-state index >= 15 is 0 Å². The SMILES string of the molecule is C[C@H](CC(=O)O)Oc1cc(Cl)ccc1C#N. The first-order valence-corrected chi connectivity index (χ1v) is 4.99. The molecule has 0 aliphatic heterocycles. The van der Waals surface area contributed by atoms with E-state index in [0.29, 0.717) is 16.3 Å². The standard InChI is InChI=1S/C11H10ClNO3/c1-7(4-11(14)15)16-10-5-9(12)3-2-8(10)6-13/h2-3,5,7H,4H2,1H3,(H,14,15)/t7-/m1/s1. The van der Waals surface area contributed by atoms with E-state index in [1.807, 2.05) is 6.07 Å². The highest BCUT2D eigenvalue weighted by atomic mass is 35.5. The Bertz CT molecular complexity index is 439. The van der Waals surface area contributed by atoms with Gasteiger partial charge in [0, 0.05) is 11.1 Å². The van der Waals surface area contributed by atoms with Crippen LogP contribution < -0.4 is 4.74 Å². The molecule has 0 radical (unpaired) electrons. The summed E-state index contributed by atoms with van der Waals surface area (Å²) in [5, 5.41) is 17.8. The molecular weight excluding hydrogens is 230 g/mol. The van der Waals surface area contributed by atoms with Gasteiger partial charge < -0.3 is 9.84 Å². The first kappa shape index (κ1) is 12.3. The van der Waals surface area contributed by atoms with Crippen LogP contribution in [0.1, 0.15) is 18.9 Å². The van der Waals surface area contributed by atoms with Gasteiger partial charge in [-0.1, -0.05) is 11.6 Å². The van der Waals surface area contributed by atoms with Crippen molar-refractivity contribution in [2.75, 3.05) is 0 Å². The number of benzene rings is 1. The zero-order chi connectivity index (χ0) is 12.1. The lowest BCUT2D eigenvalue weighted by Gasteiger charge is -2.13. The van der Waals surface area contributed by atoms with Crippen molar-refractivity contribution in [1.29, 1.82) is 5.26 Å². The molecule has 1 aromatic carbocycles. The van der Waals surface area contributed by atoms with Crippen molar-refractivity contribution in [2.45, 2.75) is 19.4 Å². The molecule has 0 bridgehead atoms. The monoisotopic (exact) mass is 239 g/mol. The highest BCUT2D eigenvalue weighted by Crippen LogP contribution is 2.24. The summed E-state index contributed by atoms with van der Waals surface area (Å²) in [6, 6.07) is 6.56. The lowest BCUT2D eigenvalue weighted by Crippen LogP contribution is -2.17. The predicted molar refractivity (Wildman–Crippen MR) is 58.5 cm³/mol. The van der Waals surface area contributed by atoms with Crippen LogP contribution in [0.25, 0.3) is 0 Å². The lowest BCUT2D eigenvalue weighted by molar-refractivity contribution is -0.138. The quantitative estimate of drug-likeness (QED) is 0.876. The number of ether oxygens (including phenoxy) is 1. The third kappa shape index (κ3) is 3.44. The molecule has 0 aromatic heterocycles. The average molecular weight is 240 g/mol. The van der Waals surface area contributed by atoms with Gasteiger partial charge in [-0.25, -0.2) is 0 Å². The third-order valence-electron chi connectivity index (χ3n) is 1.85. The number of nitriles is 1. The van der Waals surface area contributed by atoms with Gasteiger partial charge in [0.1, 0.15) is 17.9 Å². The second-order valence-electron chi connectivity index (χ2n) is 3.28. The number of carbonyl (C=O) groups is 1. The maximum atomic E-state index is 10.5. The molecular formula is C11H10ClNO3. The number of aliphatic carboxylic acids is 1. The van der Waals surface area contributed by atoms with Crippen molar-refractivity contribution in [1.82, 2.24) is 0 Å². The average Bonchev–Trinajstić information content (AvgIpc) is 2.16. The molecule has 0 spiro atoms. The zero-order valence-electron chi connectivity index (χ0n) is 8.61. The Hall–Kier alpha value is -1.73. The fourth-order valence-electron chi connectivity index (χ4n) is 1.19. The molecule has 4 nitrogen and oxygen atoms in total. The molecule has 16 heavy (non-hydrogen) atoms. The fraction of sp³-hybridized carbons (Fsp3) is 0.273. The zero-order valence-corrected chi connectivity index (χ0v) is 9.36. The topological polar surface area (TPSA) is 70.3 Å². The van der Waals surface area contributed by atoms with E-state index < -0.39 is 12.1 Å². The molecule has 0 unspecified atom stereocenters. The van der Waals surface area contributed by atoms with Crippen molar-refractivity contribution in [3.05, 3.63) is 28.8 Å². The third-order valence-corrected chi connectivity index (χ3v) is 2.09. The van der Waals surface area contributed by atoms with E-state index in [9.17, 15) is 4.79 Å². The Morgan fingerprint density at radius 1 is 1.69 bits per heavy atom. The minimum absolute atomic E-state index is 0.128. The molecule has 0 amide bonds. The van der Waals surface area contributed by atoms with Gasteiger partial charge in [0.25, 0.3) is 0 Å². The van der Waals surface area contributed by atoms with Crippen LogP contribution in [0.15, 0.2) is 18.2 Å². The highest BCUT2D eigenvalue weighted by molar-refractivity contribution is 6.30. The number of carboxylic acid groups (broad SMARTS) is 1. The maximum absolute atomic E-state index is 10.5. The van der Waals surface area contributed by atoms with Gasteiger partial charge in [0.05, 0.1) is 12.0 Å². The van der Waals surface area contributed by atoms with Crippen molar-refractivity contribution < 1.29 is 14.6 Å². The van der Waals surface area contributed by atoms with Gasteiger partial charge in [-0.05, 0) is 19.1 Å². The summed E-state index contributed by atoms with van der Waals surface area (Å²) in [5.74, 6) is -0.642. The number of nitrogens with zero attached hydrogens (tertiary/aromatic N) is 1. The molecule has 0 aliphatic rings. The molecule has 1 atom stereocenters. The summed E-state index contributed by atoms with van der Waals surface area (Å²) < 4.78 is 5.34. The van der Waals surface area contributed by atoms with Crippen LogP contribution in [0.4, 0.5) is 0 Å². The number of carboxylic acids is 1. The Kier molecular flexibility index (Phi) is 4.15. The van der Waals surface area contributed by atoms with Gasteiger partial charge >= 0.3 is 5.97 Å². The molecule has 1 aromatic rings. The van der Waals surface area contributed by atoms with Crippen LogP contribution in [0.3, 0.4) is 0 Å². The van der Waals surface area contributed by atoms with Crippen molar-refractivity contribution in [3.8, 4) is 11.8 Å². The van der Waals surface area contributed by atoms with Gasteiger partial charge in [-0.3, -0.25) is 4.79 Å². The summed E-state index contributed by atoms with van der Waals surface area (Å²) in [4.78, 5) is 10.5. The maximum Gasteiger partial charge on any atom is 0.307 e. The summed E-state index contributed by atoms with van der Waals surface area (Å²) in [5.41, 5.74) is 0.335. The van der Waals surface area contributed by atoms with Crippen LogP contribution in [0, 0.1) is 11.3 Å². The molecule has 5 heteroatoms. The first-order valence-electron chi connectivity index (χ1n) is 4.61. The molecule has 0 fully saturated rings. The second kappa shape index (κ2) is 5.38. The van der Waals surface area contributed by atoms with Crippen LogP contribution in [0.2, 0.25) is 5.02 Å². The van der Waals surface area contributed by atoms with Gasteiger partial charge in [-0.2, -0.15) is 5.26 Å². The van der Waals surface area contributed by atoms with Gasteiger partial charge in [0.15, 0.2) is 0 Å². The van der Waals surface area contributed by atoms with Gasteiger partial charge in [0.2, 0.25) is 0 Å². The Morgan fingerprint density at radius 2 is 2.38 bits per heavy atom. The molecule has 0 saturated carbocycles. The molecule has 1 rings (SSSR count). The smallest absolute Gasteiger partial charge is 0.307 e. The van der Waals surface area contributed by atoms with Crippen LogP contribution in [-0.2, 0) is 4.79 Å². The number of hydrogen-bond donors (Lipinski definition) is 1. The first-order chi connectivity index (χ1) is 7.52. The minimum Gasteiger partial charge on any atom is -0.489 e. The van der Waals surface area contributed by atoms with Crippen LogP contribution >= 0.6 is 11.6 Å². The Labute approximate surface area is 98.0 Å². The van der Waals surface area contributed by atoms with E-state index in [0.717, 1.165) is 0 Å². The number of hydrogen-bond acceptors (Lipinski definition) is 3. The van der Waals surface area contributed by atoms with Gasteiger partial charge in [-0.15, -0.1) is 0 Å². The summed E-state index contributed by atoms with van der Waals surface area (Å²) in [7, 11) is 0. The fourth-order valence-corrected chi connectivity index (χ4v) is 1.35. The molecule has 0 aliphatic carbocycles. The van der Waals surface area contributed by atoms with E-state index in [1.165, 1.54) is 12.1 Å². The van der Waals surface area contributed by atoms with E-state index in [4.69, 9.17) is 26.7 Å².